The lowest BCUT2D eigenvalue weighted by Crippen LogP contribution is -2.38. The lowest BCUT2D eigenvalue weighted by Gasteiger charge is -2.13. The molecular weight excluding hydrogens is 396 g/mol. The third kappa shape index (κ3) is 3.71. The van der Waals surface area contributed by atoms with Gasteiger partial charge in [0.15, 0.2) is 5.65 Å². The monoisotopic (exact) mass is 416 g/mol. The first-order valence-electron chi connectivity index (χ1n) is 9.71. The molecule has 2 aromatic carbocycles. The molecule has 0 bridgehead atoms. The minimum Gasteiger partial charge on any atom is -0.492 e. The molecule has 0 aliphatic carbocycles. The van der Waals surface area contributed by atoms with E-state index >= 15 is 0 Å². The highest BCUT2D eigenvalue weighted by Crippen LogP contribution is 2.24. The summed E-state index contributed by atoms with van der Waals surface area (Å²) in [6.45, 7) is 2.31. The molecule has 0 aliphatic rings. The fourth-order valence-corrected chi connectivity index (χ4v) is 3.28. The molecular formula is C23H20N4O4. The number of pyridine rings is 1. The van der Waals surface area contributed by atoms with Crippen LogP contribution in [-0.2, 0) is 7.05 Å². The molecule has 0 radical (unpaired) electrons. The van der Waals surface area contributed by atoms with Crippen molar-refractivity contribution in [2.45, 2.75) is 6.92 Å². The molecule has 4 rings (SSSR count). The molecule has 2 heterocycles. The van der Waals surface area contributed by atoms with Gasteiger partial charge in [-0.15, -0.1) is 0 Å². The van der Waals surface area contributed by atoms with E-state index in [1.54, 1.807) is 42.5 Å². The predicted molar refractivity (Wildman–Crippen MR) is 118 cm³/mol. The summed E-state index contributed by atoms with van der Waals surface area (Å²) >= 11 is 0. The normalized spacial score (nSPS) is 10.8. The van der Waals surface area contributed by atoms with E-state index in [-0.39, 0.29) is 16.6 Å². The van der Waals surface area contributed by atoms with Crippen molar-refractivity contribution in [1.29, 1.82) is 0 Å². The van der Waals surface area contributed by atoms with E-state index < -0.39 is 17.2 Å². The van der Waals surface area contributed by atoms with Crippen molar-refractivity contribution < 1.29 is 9.53 Å². The summed E-state index contributed by atoms with van der Waals surface area (Å²) in [5.74, 6) is 0.0991. The Balaban J connectivity index is 1.81. The maximum Gasteiger partial charge on any atom is 0.337 e. The van der Waals surface area contributed by atoms with Crippen molar-refractivity contribution in [3.8, 4) is 11.4 Å². The minimum absolute atomic E-state index is 0.164. The van der Waals surface area contributed by atoms with Gasteiger partial charge in [0.2, 0.25) is 0 Å². The summed E-state index contributed by atoms with van der Waals surface area (Å²) in [7, 11) is 1.40. The number of nitrogens with one attached hydrogen (secondary N) is 1. The number of benzene rings is 2. The highest BCUT2D eigenvalue weighted by atomic mass is 16.5. The van der Waals surface area contributed by atoms with Gasteiger partial charge in [0, 0.05) is 13.2 Å². The second-order valence-corrected chi connectivity index (χ2v) is 6.80. The van der Waals surface area contributed by atoms with Crippen molar-refractivity contribution in [2.75, 3.05) is 11.9 Å². The molecule has 0 aliphatic heterocycles. The summed E-state index contributed by atoms with van der Waals surface area (Å²) in [4.78, 5) is 42.7. The molecule has 1 N–H and O–H groups in total. The number of anilines is 1. The second-order valence-electron chi connectivity index (χ2n) is 6.80. The molecule has 156 valence electrons. The number of nitrogens with zero attached hydrogens (tertiary/aromatic N) is 3. The highest BCUT2D eigenvalue weighted by molar-refractivity contribution is 6.06. The standard InChI is InChI=1S/C23H20N4O4/c1-3-31-19-12-8-7-11-18(19)25-21(28)15-13-17-20(24-14-15)27(16-9-5-4-6-10-16)23(30)26(2)22(17)29/h4-14H,3H2,1-2H3,(H,25,28). The average Bonchev–Trinajstić information content (AvgIpc) is 2.79. The Morgan fingerprint density at radius 2 is 1.77 bits per heavy atom. The van der Waals surface area contributed by atoms with Crippen LogP contribution in [0.2, 0.25) is 0 Å². The number of rotatable bonds is 5. The zero-order chi connectivity index (χ0) is 22.0. The first-order valence-corrected chi connectivity index (χ1v) is 9.71. The van der Waals surface area contributed by atoms with Gasteiger partial charge in [0.25, 0.3) is 11.5 Å². The molecule has 0 spiro atoms. The molecule has 0 saturated heterocycles. The van der Waals surface area contributed by atoms with Crippen LogP contribution < -0.4 is 21.3 Å². The molecule has 1 amide bonds. The van der Waals surface area contributed by atoms with Crippen molar-refractivity contribution in [1.82, 2.24) is 14.1 Å². The van der Waals surface area contributed by atoms with Crippen molar-refractivity contribution in [3.63, 3.8) is 0 Å². The van der Waals surface area contributed by atoms with E-state index in [2.05, 4.69) is 10.3 Å². The van der Waals surface area contributed by atoms with E-state index in [1.165, 1.54) is 23.9 Å². The van der Waals surface area contributed by atoms with Crippen molar-refractivity contribution in [2.24, 2.45) is 7.05 Å². The number of fused-ring (bicyclic) bond motifs is 1. The second kappa shape index (κ2) is 8.27. The average molecular weight is 416 g/mol. The third-order valence-electron chi connectivity index (χ3n) is 4.80. The van der Waals surface area contributed by atoms with Gasteiger partial charge >= 0.3 is 5.69 Å². The minimum atomic E-state index is -0.524. The molecule has 8 nitrogen and oxygen atoms in total. The molecule has 0 saturated carbocycles. The predicted octanol–water partition coefficient (Wildman–Crippen LogP) is 2.74. The van der Waals surface area contributed by atoms with Crippen LogP contribution in [0.15, 0.2) is 76.4 Å². The van der Waals surface area contributed by atoms with Crippen LogP contribution in [0.1, 0.15) is 17.3 Å². The van der Waals surface area contributed by atoms with Gasteiger partial charge in [-0.25, -0.2) is 14.3 Å². The zero-order valence-electron chi connectivity index (χ0n) is 17.0. The number of carbonyl (C=O) groups excluding carboxylic acids is 1. The van der Waals surface area contributed by atoms with Gasteiger partial charge in [0.1, 0.15) is 5.75 Å². The Labute approximate surface area is 177 Å². The van der Waals surface area contributed by atoms with Crippen molar-refractivity contribution in [3.05, 3.63) is 93.3 Å². The van der Waals surface area contributed by atoms with Crippen LogP contribution in [0.25, 0.3) is 16.7 Å². The van der Waals surface area contributed by atoms with Crippen molar-refractivity contribution >= 4 is 22.6 Å². The maximum atomic E-state index is 12.8. The third-order valence-corrected chi connectivity index (χ3v) is 4.80. The lowest BCUT2D eigenvalue weighted by atomic mass is 10.2. The van der Waals surface area contributed by atoms with Gasteiger partial charge < -0.3 is 10.1 Å². The smallest absolute Gasteiger partial charge is 0.337 e. The van der Waals surface area contributed by atoms with Crippen LogP contribution >= 0.6 is 0 Å². The summed E-state index contributed by atoms with van der Waals surface area (Å²) in [5.41, 5.74) is 0.419. The molecule has 0 atom stereocenters. The Morgan fingerprint density at radius 1 is 1.06 bits per heavy atom. The maximum absolute atomic E-state index is 12.8. The molecule has 4 aromatic rings. The quantitative estimate of drug-likeness (QED) is 0.540. The summed E-state index contributed by atoms with van der Waals surface area (Å²) in [6.07, 6.45) is 1.35. The Hall–Kier alpha value is -4.20. The number of aromatic nitrogens is 3. The number of amides is 1. The fourth-order valence-electron chi connectivity index (χ4n) is 3.28. The zero-order valence-corrected chi connectivity index (χ0v) is 17.0. The molecule has 31 heavy (non-hydrogen) atoms. The Morgan fingerprint density at radius 3 is 2.52 bits per heavy atom. The first-order chi connectivity index (χ1) is 15.0. The lowest BCUT2D eigenvalue weighted by molar-refractivity contribution is 0.102. The molecule has 0 unspecified atom stereocenters. The van der Waals surface area contributed by atoms with E-state index in [1.807, 2.05) is 19.1 Å². The molecule has 0 fully saturated rings. The van der Waals surface area contributed by atoms with Gasteiger partial charge in [-0.05, 0) is 37.3 Å². The number of hydrogen-bond acceptors (Lipinski definition) is 5. The van der Waals surface area contributed by atoms with Gasteiger partial charge in [-0.3, -0.25) is 14.2 Å². The van der Waals surface area contributed by atoms with Crippen LogP contribution in [-0.4, -0.2) is 26.6 Å². The van der Waals surface area contributed by atoms with E-state index in [9.17, 15) is 14.4 Å². The number of para-hydroxylation sites is 3. The largest absolute Gasteiger partial charge is 0.492 e. The van der Waals surface area contributed by atoms with Gasteiger partial charge in [-0.2, -0.15) is 0 Å². The SMILES string of the molecule is CCOc1ccccc1NC(=O)c1cnc2c(c1)c(=O)n(C)c(=O)n2-c1ccccc1. The summed E-state index contributed by atoms with van der Waals surface area (Å²) in [6, 6.07) is 17.4. The van der Waals surface area contributed by atoms with Gasteiger partial charge in [-0.1, -0.05) is 30.3 Å². The van der Waals surface area contributed by atoms with E-state index in [0.29, 0.717) is 23.7 Å². The molecule has 2 aromatic heterocycles. The highest BCUT2D eigenvalue weighted by Gasteiger charge is 2.17. The number of ether oxygens (including phenoxy) is 1. The van der Waals surface area contributed by atoms with Crippen LogP contribution in [0.5, 0.6) is 5.75 Å². The van der Waals surface area contributed by atoms with E-state index in [4.69, 9.17) is 4.74 Å². The number of hydrogen-bond donors (Lipinski definition) is 1. The Bertz CT molecular complexity index is 1390. The van der Waals surface area contributed by atoms with Crippen LogP contribution in [0.4, 0.5) is 5.69 Å². The van der Waals surface area contributed by atoms with Crippen LogP contribution in [0, 0.1) is 0 Å². The van der Waals surface area contributed by atoms with Gasteiger partial charge in [0.05, 0.1) is 28.9 Å². The summed E-state index contributed by atoms with van der Waals surface area (Å²) < 4.78 is 7.89. The Kier molecular flexibility index (Phi) is 5.36. The molecule has 8 heteroatoms. The first kappa shape index (κ1) is 20.1. The van der Waals surface area contributed by atoms with E-state index in [0.717, 1.165) is 4.57 Å². The summed E-state index contributed by atoms with van der Waals surface area (Å²) in [5, 5.41) is 2.95. The fraction of sp³-hybridized carbons (Fsp3) is 0.130. The number of carbonyl (C=O) groups is 1. The topological polar surface area (TPSA) is 95.2 Å². The van der Waals surface area contributed by atoms with Crippen LogP contribution in [0.3, 0.4) is 0 Å².